The lowest BCUT2D eigenvalue weighted by molar-refractivity contribution is -0.384. The number of carbonyl (C=O) groups is 1. The van der Waals surface area contributed by atoms with Gasteiger partial charge in [0.2, 0.25) is 5.43 Å². The maximum Gasteiger partial charge on any atom is 0.294 e. The van der Waals surface area contributed by atoms with Crippen molar-refractivity contribution in [3.63, 3.8) is 0 Å². The van der Waals surface area contributed by atoms with Gasteiger partial charge >= 0.3 is 0 Å². The average molecular weight is 419 g/mol. The van der Waals surface area contributed by atoms with Crippen molar-refractivity contribution >= 4 is 40.5 Å². The van der Waals surface area contributed by atoms with Gasteiger partial charge in [0.25, 0.3) is 11.6 Å². The number of aromatic nitrogens is 2. The number of hydrogen-bond donors (Lipinski definition) is 1. The second kappa shape index (κ2) is 7.79. The van der Waals surface area contributed by atoms with Crippen LogP contribution in [0.15, 0.2) is 53.3 Å². The van der Waals surface area contributed by atoms with E-state index >= 15 is 0 Å². The van der Waals surface area contributed by atoms with Crippen LogP contribution in [0.4, 0.5) is 11.4 Å². The van der Waals surface area contributed by atoms with Gasteiger partial charge in [-0.15, -0.1) is 0 Å². The van der Waals surface area contributed by atoms with Crippen LogP contribution in [-0.2, 0) is 0 Å². The smallest absolute Gasteiger partial charge is 0.294 e. The van der Waals surface area contributed by atoms with Gasteiger partial charge in [0.05, 0.1) is 4.92 Å². The molecule has 0 fully saturated rings. The largest absolute Gasteiger partial charge is 0.320 e. The van der Waals surface area contributed by atoms with Crippen LogP contribution in [0.2, 0.25) is 10.0 Å². The fraction of sp³-hybridized carbons (Fsp3) is 0.0556. The summed E-state index contributed by atoms with van der Waals surface area (Å²) >= 11 is 11.8. The maximum absolute atomic E-state index is 12.6. The Kier molecular flexibility index (Phi) is 5.43. The molecular weight excluding hydrogens is 407 g/mol. The van der Waals surface area contributed by atoms with E-state index in [1.54, 1.807) is 13.0 Å². The van der Waals surface area contributed by atoms with Gasteiger partial charge in [-0.3, -0.25) is 19.7 Å². The van der Waals surface area contributed by atoms with Crippen molar-refractivity contribution in [1.29, 1.82) is 0 Å². The molecule has 0 bridgehead atoms. The highest BCUT2D eigenvalue weighted by Gasteiger charge is 2.20. The Morgan fingerprint density at radius 3 is 2.43 bits per heavy atom. The summed E-state index contributed by atoms with van der Waals surface area (Å²) in [4.78, 5) is 35.6. The number of amides is 1. The number of nitro benzene ring substituents is 1. The lowest BCUT2D eigenvalue weighted by Gasteiger charge is -2.12. The van der Waals surface area contributed by atoms with Gasteiger partial charge in [0.1, 0.15) is 5.69 Å². The Morgan fingerprint density at radius 2 is 1.79 bits per heavy atom. The number of para-hydroxylation sites is 2. The van der Waals surface area contributed by atoms with Crippen LogP contribution in [-0.4, -0.2) is 20.6 Å². The third-order valence-electron chi connectivity index (χ3n) is 3.75. The number of hydrogen-bond acceptors (Lipinski definition) is 5. The van der Waals surface area contributed by atoms with E-state index in [1.165, 1.54) is 47.1 Å². The molecule has 28 heavy (non-hydrogen) atoms. The molecule has 0 saturated heterocycles. The van der Waals surface area contributed by atoms with E-state index in [4.69, 9.17) is 23.2 Å². The number of carbonyl (C=O) groups excluding carboxylic acids is 1. The zero-order chi connectivity index (χ0) is 20.4. The molecule has 0 aliphatic carbocycles. The van der Waals surface area contributed by atoms with Crippen molar-refractivity contribution in [2.24, 2.45) is 0 Å². The Balaban J connectivity index is 2.06. The van der Waals surface area contributed by atoms with Crippen LogP contribution in [0.3, 0.4) is 0 Å². The highest BCUT2D eigenvalue weighted by atomic mass is 35.5. The third-order valence-corrected chi connectivity index (χ3v) is 4.19. The quantitative estimate of drug-likeness (QED) is 0.508. The molecule has 0 radical (unpaired) electrons. The van der Waals surface area contributed by atoms with Crippen LogP contribution >= 0.6 is 23.2 Å². The molecule has 3 aromatic rings. The molecule has 10 heteroatoms. The summed E-state index contributed by atoms with van der Waals surface area (Å²) in [6.45, 7) is 1.56. The van der Waals surface area contributed by atoms with Gasteiger partial charge in [-0.05, 0) is 31.2 Å². The van der Waals surface area contributed by atoms with E-state index in [1.807, 2.05) is 0 Å². The summed E-state index contributed by atoms with van der Waals surface area (Å²) in [5.74, 6) is -0.796. The molecular formula is C18H12Cl2N4O4. The molecule has 142 valence electrons. The third kappa shape index (κ3) is 4.03. The molecule has 0 saturated carbocycles. The minimum absolute atomic E-state index is 0.129. The lowest BCUT2D eigenvalue weighted by Crippen LogP contribution is -2.27. The van der Waals surface area contributed by atoms with Crippen molar-refractivity contribution in [2.45, 2.75) is 6.92 Å². The Bertz CT molecular complexity index is 1140. The first-order valence-electron chi connectivity index (χ1n) is 7.88. The molecule has 3 rings (SSSR count). The average Bonchev–Trinajstić information content (AvgIpc) is 2.60. The molecule has 0 atom stereocenters. The van der Waals surface area contributed by atoms with Gasteiger partial charge in [0, 0.05) is 33.6 Å². The molecule has 0 aliphatic heterocycles. The van der Waals surface area contributed by atoms with Crippen molar-refractivity contribution in [3.05, 3.63) is 90.3 Å². The first-order valence-corrected chi connectivity index (χ1v) is 8.64. The molecule has 8 nitrogen and oxygen atoms in total. The fourth-order valence-electron chi connectivity index (χ4n) is 2.56. The summed E-state index contributed by atoms with van der Waals surface area (Å²) in [5, 5.41) is 18.4. The van der Waals surface area contributed by atoms with E-state index in [9.17, 15) is 19.7 Å². The lowest BCUT2D eigenvalue weighted by atomic mass is 10.2. The highest BCUT2D eigenvalue weighted by Crippen LogP contribution is 2.24. The molecule has 1 aromatic heterocycles. The number of benzene rings is 2. The fourth-order valence-corrected chi connectivity index (χ4v) is 3.09. The van der Waals surface area contributed by atoms with Gasteiger partial charge in [-0.2, -0.15) is 5.10 Å². The van der Waals surface area contributed by atoms with Crippen LogP contribution in [0, 0.1) is 17.0 Å². The van der Waals surface area contributed by atoms with Gasteiger partial charge in [-0.25, -0.2) is 4.68 Å². The van der Waals surface area contributed by atoms with E-state index < -0.39 is 22.0 Å². The van der Waals surface area contributed by atoms with Crippen molar-refractivity contribution in [2.75, 3.05) is 5.32 Å². The van der Waals surface area contributed by atoms with E-state index in [0.29, 0.717) is 15.7 Å². The molecule has 1 amide bonds. The predicted octanol–water partition coefficient (Wildman–Crippen LogP) is 4.01. The van der Waals surface area contributed by atoms with Gasteiger partial charge in [-0.1, -0.05) is 35.3 Å². The molecule has 1 heterocycles. The first kappa shape index (κ1) is 19.5. The number of nitro groups is 1. The molecule has 0 aliphatic rings. The summed E-state index contributed by atoms with van der Waals surface area (Å²) in [6, 6.07) is 11.5. The summed E-state index contributed by atoms with van der Waals surface area (Å²) in [7, 11) is 0. The van der Waals surface area contributed by atoms with Crippen LogP contribution < -0.4 is 10.7 Å². The SMILES string of the molecule is Cc1cc(=O)c(C(=O)Nc2cc(Cl)cc(Cl)c2)nn1-c1ccccc1[N+](=O)[O-]. The number of rotatable bonds is 4. The zero-order valence-corrected chi connectivity index (χ0v) is 15.9. The standard InChI is InChI=1S/C18H12Cl2N4O4/c1-10-6-16(25)17(18(26)21-13-8-11(19)7-12(20)9-13)22-23(10)14-4-2-3-5-15(14)24(27)28/h2-9H,1H3,(H,21,26). The summed E-state index contributed by atoms with van der Waals surface area (Å²) in [6.07, 6.45) is 0. The van der Waals surface area contributed by atoms with E-state index in [-0.39, 0.29) is 17.1 Å². The monoisotopic (exact) mass is 418 g/mol. The summed E-state index contributed by atoms with van der Waals surface area (Å²) in [5.41, 5.74) is -0.527. The van der Waals surface area contributed by atoms with Crippen LogP contribution in [0.1, 0.15) is 16.2 Å². The minimum Gasteiger partial charge on any atom is -0.320 e. The predicted molar refractivity (Wildman–Crippen MR) is 106 cm³/mol. The van der Waals surface area contributed by atoms with Crippen molar-refractivity contribution in [3.8, 4) is 5.69 Å². The Morgan fingerprint density at radius 1 is 1.14 bits per heavy atom. The number of anilines is 1. The molecule has 0 unspecified atom stereocenters. The zero-order valence-electron chi connectivity index (χ0n) is 14.3. The Labute approximate surface area is 168 Å². The normalized spacial score (nSPS) is 10.5. The van der Waals surface area contributed by atoms with Crippen LogP contribution in [0.25, 0.3) is 5.69 Å². The van der Waals surface area contributed by atoms with Crippen molar-refractivity contribution < 1.29 is 9.72 Å². The minimum atomic E-state index is -0.796. The first-order chi connectivity index (χ1) is 13.3. The molecule has 1 N–H and O–H groups in total. The van der Waals surface area contributed by atoms with E-state index in [2.05, 4.69) is 10.4 Å². The number of nitrogens with zero attached hydrogens (tertiary/aromatic N) is 3. The molecule has 2 aromatic carbocycles. The second-order valence-electron chi connectivity index (χ2n) is 5.77. The maximum atomic E-state index is 12.6. The van der Waals surface area contributed by atoms with Crippen LogP contribution in [0.5, 0.6) is 0 Å². The number of nitrogens with one attached hydrogen (secondary N) is 1. The topological polar surface area (TPSA) is 107 Å². The van der Waals surface area contributed by atoms with Gasteiger partial charge in [0.15, 0.2) is 5.69 Å². The molecule has 0 spiro atoms. The second-order valence-corrected chi connectivity index (χ2v) is 6.64. The van der Waals surface area contributed by atoms with Gasteiger partial charge < -0.3 is 5.32 Å². The van der Waals surface area contributed by atoms with E-state index in [0.717, 1.165) is 0 Å². The highest BCUT2D eigenvalue weighted by molar-refractivity contribution is 6.35. The number of halogens is 2. The number of aryl methyl sites for hydroxylation is 1. The summed E-state index contributed by atoms with van der Waals surface area (Å²) < 4.78 is 1.18. The van der Waals surface area contributed by atoms with Crippen molar-refractivity contribution in [1.82, 2.24) is 9.78 Å². The Hall–Kier alpha value is -3.23.